The lowest BCUT2D eigenvalue weighted by molar-refractivity contribution is 0.439. The fraction of sp³-hybridized carbons (Fsp3) is 0.200. The van der Waals surface area contributed by atoms with Crippen LogP contribution < -0.4 is 10.5 Å². The summed E-state index contributed by atoms with van der Waals surface area (Å²) in [6.45, 7) is 1.98. The van der Waals surface area contributed by atoms with Crippen molar-refractivity contribution in [2.45, 2.75) is 19.4 Å². The van der Waals surface area contributed by atoms with Crippen LogP contribution in [0.2, 0.25) is 0 Å². The number of nitrogens with two attached hydrogens (primary N) is 1. The Morgan fingerprint density at radius 3 is 2.75 bits per heavy atom. The topological polar surface area (TPSA) is 71.9 Å². The van der Waals surface area contributed by atoms with Gasteiger partial charge in [-0.25, -0.2) is 4.39 Å². The van der Waals surface area contributed by atoms with Crippen molar-refractivity contribution < 1.29 is 9.13 Å². The summed E-state index contributed by atoms with van der Waals surface area (Å²) >= 11 is 0. The SMILES string of the molecule is CC[C@H](N)c1ccc(Oc2ccc(C#N)cc2F)cn1. The van der Waals surface area contributed by atoms with Gasteiger partial charge in [-0.05, 0) is 36.8 Å². The number of rotatable bonds is 4. The molecular formula is C15H14FN3O. The highest BCUT2D eigenvalue weighted by Gasteiger charge is 2.08. The van der Waals surface area contributed by atoms with E-state index in [2.05, 4.69) is 4.98 Å². The maximum Gasteiger partial charge on any atom is 0.167 e. The highest BCUT2D eigenvalue weighted by molar-refractivity contribution is 5.38. The third-order valence-corrected chi connectivity index (χ3v) is 2.87. The first-order valence-electron chi connectivity index (χ1n) is 6.23. The van der Waals surface area contributed by atoms with Crippen molar-refractivity contribution in [2.24, 2.45) is 5.73 Å². The molecule has 5 heteroatoms. The average molecular weight is 271 g/mol. The second-order valence-electron chi connectivity index (χ2n) is 4.29. The van der Waals surface area contributed by atoms with Crippen molar-refractivity contribution in [3.63, 3.8) is 0 Å². The Morgan fingerprint density at radius 1 is 1.40 bits per heavy atom. The van der Waals surface area contributed by atoms with Gasteiger partial charge in [0.25, 0.3) is 0 Å². The molecule has 2 N–H and O–H groups in total. The molecule has 1 aromatic heterocycles. The van der Waals surface area contributed by atoms with Crippen LogP contribution in [0.1, 0.15) is 30.6 Å². The zero-order chi connectivity index (χ0) is 14.5. The van der Waals surface area contributed by atoms with Crippen molar-refractivity contribution in [1.29, 1.82) is 5.26 Å². The molecule has 0 radical (unpaired) electrons. The van der Waals surface area contributed by atoms with Crippen molar-refractivity contribution in [1.82, 2.24) is 4.98 Å². The Labute approximate surface area is 116 Å². The van der Waals surface area contributed by atoms with Crippen LogP contribution in [0.3, 0.4) is 0 Å². The largest absolute Gasteiger partial charge is 0.453 e. The Hall–Kier alpha value is -2.45. The van der Waals surface area contributed by atoms with Crippen LogP contribution in [0.15, 0.2) is 36.5 Å². The van der Waals surface area contributed by atoms with Gasteiger partial charge in [-0.3, -0.25) is 4.98 Å². The van der Waals surface area contributed by atoms with Crippen LogP contribution in [-0.2, 0) is 0 Å². The summed E-state index contributed by atoms with van der Waals surface area (Å²) < 4.78 is 19.1. The molecule has 2 rings (SSSR count). The van der Waals surface area contributed by atoms with Gasteiger partial charge < -0.3 is 10.5 Å². The van der Waals surface area contributed by atoms with Gasteiger partial charge in [0.05, 0.1) is 23.5 Å². The van der Waals surface area contributed by atoms with Crippen molar-refractivity contribution in [2.75, 3.05) is 0 Å². The van der Waals surface area contributed by atoms with E-state index < -0.39 is 5.82 Å². The first kappa shape index (κ1) is 14.0. The molecule has 0 amide bonds. The van der Waals surface area contributed by atoms with Gasteiger partial charge in [0, 0.05) is 6.04 Å². The first-order chi connectivity index (χ1) is 9.63. The lowest BCUT2D eigenvalue weighted by atomic mass is 10.1. The van der Waals surface area contributed by atoms with Crippen molar-refractivity contribution in [3.8, 4) is 17.6 Å². The summed E-state index contributed by atoms with van der Waals surface area (Å²) in [5, 5.41) is 8.67. The predicted octanol–water partition coefficient (Wildman–Crippen LogP) is 3.29. The normalized spacial score (nSPS) is 11.7. The molecule has 0 spiro atoms. The Morgan fingerprint density at radius 2 is 2.20 bits per heavy atom. The predicted molar refractivity (Wildman–Crippen MR) is 72.6 cm³/mol. The van der Waals surface area contributed by atoms with Crippen LogP contribution >= 0.6 is 0 Å². The smallest absolute Gasteiger partial charge is 0.167 e. The zero-order valence-corrected chi connectivity index (χ0v) is 11.0. The summed E-state index contributed by atoms with van der Waals surface area (Å²) in [6, 6.07) is 9.23. The monoisotopic (exact) mass is 271 g/mol. The van der Waals surface area contributed by atoms with Crippen molar-refractivity contribution >= 4 is 0 Å². The number of nitriles is 1. The summed E-state index contributed by atoms with van der Waals surface area (Å²) in [5.41, 5.74) is 6.87. The van der Waals surface area contributed by atoms with Crippen LogP contribution in [0.4, 0.5) is 4.39 Å². The van der Waals surface area contributed by atoms with Gasteiger partial charge in [-0.15, -0.1) is 0 Å². The third-order valence-electron chi connectivity index (χ3n) is 2.87. The number of halogens is 1. The minimum Gasteiger partial charge on any atom is -0.453 e. The molecule has 102 valence electrons. The van der Waals surface area contributed by atoms with Gasteiger partial charge in [-0.2, -0.15) is 5.26 Å². The molecule has 1 aromatic carbocycles. The number of hydrogen-bond acceptors (Lipinski definition) is 4. The molecule has 0 fully saturated rings. The minimum absolute atomic E-state index is 0.0540. The van der Waals surface area contributed by atoms with E-state index in [1.807, 2.05) is 13.0 Å². The van der Waals surface area contributed by atoms with E-state index in [-0.39, 0.29) is 17.4 Å². The van der Waals surface area contributed by atoms with E-state index >= 15 is 0 Å². The Kier molecular flexibility index (Phi) is 4.28. The van der Waals surface area contributed by atoms with Crippen molar-refractivity contribution in [3.05, 3.63) is 53.6 Å². The fourth-order valence-electron chi connectivity index (χ4n) is 1.66. The molecular weight excluding hydrogens is 257 g/mol. The number of nitrogens with zero attached hydrogens (tertiary/aromatic N) is 2. The third kappa shape index (κ3) is 3.11. The van der Waals surface area contributed by atoms with E-state index in [0.29, 0.717) is 5.75 Å². The number of aromatic nitrogens is 1. The second kappa shape index (κ2) is 6.13. The summed E-state index contributed by atoms with van der Waals surface area (Å²) in [4.78, 5) is 4.18. The molecule has 0 bridgehead atoms. The maximum absolute atomic E-state index is 13.7. The van der Waals surface area contributed by atoms with Gasteiger partial charge in [0.2, 0.25) is 0 Å². The molecule has 20 heavy (non-hydrogen) atoms. The first-order valence-corrected chi connectivity index (χ1v) is 6.23. The lowest BCUT2D eigenvalue weighted by Crippen LogP contribution is -2.10. The molecule has 0 saturated carbocycles. The van der Waals surface area contributed by atoms with E-state index in [1.165, 1.54) is 18.3 Å². The van der Waals surface area contributed by atoms with Crippen LogP contribution in [-0.4, -0.2) is 4.98 Å². The molecule has 0 aliphatic carbocycles. The van der Waals surface area contributed by atoms with Gasteiger partial charge in [-0.1, -0.05) is 6.92 Å². The minimum atomic E-state index is -0.585. The highest BCUT2D eigenvalue weighted by Crippen LogP contribution is 2.25. The quantitative estimate of drug-likeness (QED) is 0.926. The van der Waals surface area contributed by atoms with E-state index in [0.717, 1.165) is 18.2 Å². The van der Waals surface area contributed by atoms with Crippen LogP contribution in [0.25, 0.3) is 0 Å². The maximum atomic E-state index is 13.7. The molecule has 0 unspecified atom stereocenters. The summed E-state index contributed by atoms with van der Waals surface area (Å²) in [7, 11) is 0. The molecule has 0 aliphatic rings. The number of ether oxygens (including phenoxy) is 1. The molecule has 2 aromatic rings. The number of benzene rings is 1. The number of pyridine rings is 1. The molecule has 0 saturated heterocycles. The Balaban J connectivity index is 2.16. The molecule has 1 atom stereocenters. The molecule has 0 aliphatic heterocycles. The van der Waals surface area contributed by atoms with E-state index in [4.69, 9.17) is 15.7 Å². The fourth-order valence-corrected chi connectivity index (χ4v) is 1.66. The van der Waals surface area contributed by atoms with Gasteiger partial charge >= 0.3 is 0 Å². The van der Waals surface area contributed by atoms with Crippen LogP contribution in [0.5, 0.6) is 11.5 Å². The highest BCUT2D eigenvalue weighted by atomic mass is 19.1. The lowest BCUT2D eigenvalue weighted by Gasteiger charge is -2.10. The Bertz CT molecular complexity index is 635. The van der Waals surface area contributed by atoms with Crippen LogP contribution in [0, 0.1) is 17.1 Å². The van der Waals surface area contributed by atoms with E-state index in [1.54, 1.807) is 12.1 Å². The molecule has 1 heterocycles. The summed E-state index contributed by atoms with van der Waals surface area (Å²) in [6.07, 6.45) is 2.29. The zero-order valence-electron chi connectivity index (χ0n) is 11.0. The molecule has 4 nitrogen and oxygen atoms in total. The standard InChI is InChI=1S/C15H14FN3O/c1-2-13(18)14-5-4-11(9-19-14)20-15-6-3-10(8-17)7-12(15)16/h3-7,9,13H,2,18H2,1H3/t13-/m0/s1. The van der Waals surface area contributed by atoms with Gasteiger partial charge in [0.15, 0.2) is 11.6 Å². The average Bonchev–Trinajstić information content (AvgIpc) is 2.49. The van der Waals surface area contributed by atoms with E-state index in [9.17, 15) is 4.39 Å². The second-order valence-corrected chi connectivity index (χ2v) is 4.29. The number of hydrogen-bond donors (Lipinski definition) is 1. The summed E-state index contributed by atoms with van der Waals surface area (Å²) in [5.74, 6) is -0.114. The van der Waals surface area contributed by atoms with Gasteiger partial charge in [0.1, 0.15) is 5.75 Å².